The van der Waals surface area contributed by atoms with Crippen molar-refractivity contribution in [3.05, 3.63) is 42.5 Å². The lowest BCUT2D eigenvalue weighted by Gasteiger charge is -2.31. The van der Waals surface area contributed by atoms with Gasteiger partial charge in [-0.25, -0.2) is 13.2 Å². The van der Waals surface area contributed by atoms with Crippen LogP contribution in [0.3, 0.4) is 0 Å². The molecule has 0 spiro atoms. The van der Waals surface area contributed by atoms with Crippen molar-refractivity contribution >= 4 is 57.3 Å². The lowest BCUT2D eigenvalue weighted by atomic mass is 9.98. The van der Waals surface area contributed by atoms with E-state index < -0.39 is 52.9 Å². The molecule has 1 aliphatic rings. The first-order chi connectivity index (χ1) is 18.1. The minimum absolute atomic E-state index is 0. The predicted octanol–water partition coefficient (Wildman–Crippen LogP) is -0.409. The highest BCUT2D eigenvalue weighted by atomic mass is 35.5. The van der Waals surface area contributed by atoms with Crippen LogP contribution in [0.2, 0.25) is 0 Å². The molecule has 0 aromatic heterocycles. The lowest BCUT2D eigenvalue weighted by Crippen LogP contribution is -2.54. The fraction of sp³-hybridized carbons (Fsp3) is 0.417. The third-order valence-corrected chi connectivity index (χ3v) is 7.67. The van der Waals surface area contributed by atoms with Crippen molar-refractivity contribution in [2.45, 2.75) is 36.2 Å². The summed E-state index contributed by atoms with van der Waals surface area (Å²) in [6.45, 7) is 0.783. The van der Waals surface area contributed by atoms with E-state index in [4.69, 9.17) is 5.84 Å². The minimum Gasteiger partial charge on any atom is -0.480 e. The first-order valence-electron chi connectivity index (χ1n) is 12.0. The van der Waals surface area contributed by atoms with Crippen molar-refractivity contribution in [2.75, 3.05) is 26.2 Å². The topological polar surface area (TPSA) is 204 Å². The zero-order valence-corrected chi connectivity index (χ0v) is 22.7. The van der Waals surface area contributed by atoms with Gasteiger partial charge in [0.15, 0.2) is 0 Å². The zero-order chi connectivity index (χ0) is 27.7. The summed E-state index contributed by atoms with van der Waals surface area (Å²) in [5.74, 6) is 2.12. The minimum atomic E-state index is -4.29. The molecule has 3 atom stereocenters. The molecule has 1 aliphatic heterocycles. The molecule has 0 unspecified atom stereocenters. The Hall–Kier alpha value is -3.46. The number of benzene rings is 2. The molecule has 0 saturated carbocycles. The SMILES string of the molecule is Cl.NN=CN1CCC[C@@H](CNC(=O)C[C@H](NS(=O)(=O)c2ccc3ccccc3c2)C(=O)N[C@@H](CO)C(=O)O)C1. The lowest BCUT2D eigenvalue weighted by molar-refractivity contribution is -0.143. The molecule has 15 heteroatoms. The van der Waals surface area contributed by atoms with Gasteiger partial charge in [-0.3, -0.25) is 9.59 Å². The second-order valence-electron chi connectivity index (χ2n) is 9.04. The number of amides is 2. The first kappa shape index (κ1) is 31.8. The number of sulfonamides is 1. The number of rotatable bonds is 12. The van der Waals surface area contributed by atoms with Crippen LogP contribution in [0.15, 0.2) is 52.5 Å². The Morgan fingerprint density at radius 3 is 2.54 bits per heavy atom. The average Bonchev–Trinajstić information content (AvgIpc) is 2.90. The number of carbonyl (C=O) groups is 3. The number of carboxylic acids is 1. The third-order valence-electron chi connectivity index (χ3n) is 6.20. The Morgan fingerprint density at radius 1 is 1.15 bits per heavy atom. The van der Waals surface area contributed by atoms with Crippen LogP contribution in [0.25, 0.3) is 10.8 Å². The van der Waals surface area contributed by atoms with Gasteiger partial charge in [0.2, 0.25) is 21.8 Å². The second-order valence-corrected chi connectivity index (χ2v) is 10.8. The van der Waals surface area contributed by atoms with Gasteiger partial charge < -0.3 is 31.6 Å². The number of carboxylic acid groups (broad SMARTS) is 1. The molecule has 3 rings (SSSR count). The van der Waals surface area contributed by atoms with E-state index in [9.17, 15) is 33.0 Å². The second kappa shape index (κ2) is 14.6. The molecule has 214 valence electrons. The number of likely N-dealkylation sites (tertiary alicyclic amines) is 1. The standard InChI is InChI=1S/C24H32N6O7S.ClH/c25-27-15-30-9-3-4-16(13-30)12-26-22(32)11-20(23(33)28-21(14-31)24(34)35)29-38(36,37)19-8-7-17-5-1-2-6-18(17)10-19;/h1-2,5-8,10,15-16,20-21,29,31H,3-4,9,11-14,25H2,(H,26,32)(H,28,33)(H,34,35);1H/t16-,20-,21-;/m0./s1. The summed E-state index contributed by atoms with van der Waals surface area (Å²) in [6, 6.07) is 8.22. The van der Waals surface area contributed by atoms with Gasteiger partial charge in [-0.05, 0) is 41.7 Å². The summed E-state index contributed by atoms with van der Waals surface area (Å²) in [7, 11) is -4.29. The summed E-state index contributed by atoms with van der Waals surface area (Å²) in [6.07, 6.45) is 2.67. The number of nitrogens with two attached hydrogens (primary N) is 1. The van der Waals surface area contributed by atoms with Crippen LogP contribution >= 0.6 is 12.4 Å². The van der Waals surface area contributed by atoms with Gasteiger partial charge in [0.1, 0.15) is 18.4 Å². The summed E-state index contributed by atoms with van der Waals surface area (Å²) in [4.78, 5) is 38.7. The molecule has 0 radical (unpaired) electrons. The van der Waals surface area contributed by atoms with Crippen LogP contribution in [0.1, 0.15) is 19.3 Å². The predicted molar refractivity (Wildman–Crippen MR) is 147 cm³/mol. The molecule has 1 fully saturated rings. The molecule has 0 bridgehead atoms. The number of piperidine rings is 1. The maximum absolute atomic E-state index is 13.1. The van der Waals surface area contributed by atoms with Crippen molar-refractivity contribution in [3.8, 4) is 0 Å². The Morgan fingerprint density at radius 2 is 1.87 bits per heavy atom. The molecule has 0 aliphatic carbocycles. The third kappa shape index (κ3) is 9.06. The molecular formula is C24H33ClN6O7S. The molecule has 13 nitrogen and oxygen atoms in total. The van der Waals surface area contributed by atoms with Crippen LogP contribution in [-0.2, 0) is 24.4 Å². The van der Waals surface area contributed by atoms with Crippen LogP contribution < -0.4 is 21.2 Å². The fourth-order valence-corrected chi connectivity index (χ4v) is 5.44. The van der Waals surface area contributed by atoms with Crippen molar-refractivity contribution in [3.63, 3.8) is 0 Å². The van der Waals surface area contributed by atoms with E-state index in [2.05, 4.69) is 20.5 Å². The monoisotopic (exact) mass is 584 g/mol. The van der Waals surface area contributed by atoms with Gasteiger partial charge in [-0.2, -0.15) is 9.82 Å². The Bertz CT molecular complexity index is 1290. The van der Waals surface area contributed by atoms with Gasteiger partial charge in [-0.1, -0.05) is 30.3 Å². The van der Waals surface area contributed by atoms with Crippen molar-refractivity contribution in [2.24, 2.45) is 16.9 Å². The van der Waals surface area contributed by atoms with E-state index in [1.54, 1.807) is 18.2 Å². The van der Waals surface area contributed by atoms with Crippen molar-refractivity contribution in [1.82, 2.24) is 20.3 Å². The number of aliphatic hydroxyl groups is 1. The molecular weight excluding hydrogens is 552 g/mol. The Kier molecular flexibility index (Phi) is 11.9. The number of nitrogens with zero attached hydrogens (tertiary/aromatic N) is 2. The maximum atomic E-state index is 13.1. The summed E-state index contributed by atoms with van der Waals surface area (Å²) in [5, 5.41) is 28.2. The van der Waals surface area contributed by atoms with Gasteiger partial charge in [0.05, 0.1) is 17.9 Å². The van der Waals surface area contributed by atoms with E-state index in [1.807, 2.05) is 17.0 Å². The number of fused-ring (bicyclic) bond motifs is 1. The van der Waals surface area contributed by atoms with Gasteiger partial charge in [0.25, 0.3) is 0 Å². The smallest absolute Gasteiger partial charge is 0.328 e. The van der Waals surface area contributed by atoms with Gasteiger partial charge in [0, 0.05) is 19.6 Å². The number of carbonyl (C=O) groups excluding carboxylic acids is 2. The van der Waals surface area contributed by atoms with E-state index in [0.29, 0.717) is 11.9 Å². The fourth-order valence-electron chi connectivity index (χ4n) is 4.21. The van der Waals surface area contributed by atoms with Crippen LogP contribution in [0.5, 0.6) is 0 Å². The largest absolute Gasteiger partial charge is 0.480 e. The first-order valence-corrected chi connectivity index (χ1v) is 13.5. The highest BCUT2D eigenvalue weighted by molar-refractivity contribution is 7.89. The number of nitrogens with one attached hydrogen (secondary N) is 3. The quantitative estimate of drug-likeness (QED) is 0.0829. The molecule has 7 N–H and O–H groups in total. The molecule has 2 amide bonds. The number of halogens is 1. The Balaban J connectivity index is 0.00000533. The normalized spacial score (nSPS) is 17.3. The molecule has 1 saturated heterocycles. The molecule has 2 aromatic carbocycles. The number of hydrazone groups is 1. The summed E-state index contributed by atoms with van der Waals surface area (Å²) >= 11 is 0. The number of hydrogen-bond donors (Lipinski definition) is 6. The highest BCUT2D eigenvalue weighted by Crippen LogP contribution is 2.19. The van der Waals surface area contributed by atoms with Gasteiger partial charge in [-0.15, -0.1) is 12.4 Å². The van der Waals surface area contributed by atoms with Crippen LogP contribution in [-0.4, -0.2) is 86.0 Å². The van der Waals surface area contributed by atoms with Crippen LogP contribution in [0.4, 0.5) is 0 Å². The summed E-state index contributed by atoms with van der Waals surface area (Å²) in [5.41, 5.74) is 0. The van der Waals surface area contributed by atoms with E-state index in [0.717, 1.165) is 24.8 Å². The van der Waals surface area contributed by atoms with Crippen molar-refractivity contribution < 1.29 is 33.0 Å². The maximum Gasteiger partial charge on any atom is 0.328 e. The highest BCUT2D eigenvalue weighted by Gasteiger charge is 2.31. The van der Waals surface area contributed by atoms with Crippen molar-refractivity contribution in [1.29, 1.82) is 0 Å². The molecule has 2 aromatic rings. The van der Waals surface area contributed by atoms with Gasteiger partial charge >= 0.3 is 5.97 Å². The number of aliphatic hydroxyl groups excluding tert-OH is 1. The zero-order valence-electron chi connectivity index (χ0n) is 21.0. The summed E-state index contributed by atoms with van der Waals surface area (Å²) < 4.78 is 28.5. The Labute approximate surface area is 232 Å². The molecule has 39 heavy (non-hydrogen) atoms. The van der Waals surface area contributed by atoms with Crippen LogP contribution in [0, 0.1) is 5.92 Å². The average molecular weight is 585 g/mol. The number of aliphatic carboxylic acids is 1. The van der Waals surface area contributed by atoms with E-state index in [1.165, 1.54) is 18.5 Å². The molecule has 1 heterocycles. The van der Waals surface area contributed by atoms with E-state index in [-0.39, 0.29) is 29.8 Å². The number of hydrogen-bond acceptors (Lipinski definition) is 8. The van der Waals surface area contributed by atoms with E-state index >= 15 is 0 Å².